The number of aliphatic imine (C=N–C) groups is 1. The van der Waals surface area contributed by atoms with E-state index < -0.39 is 12.2 Å². The molecule has 2 unspecified atom stereocenters. The van der Waals surface area contributed by atoms with Crippen LogP contribution in [0.3, 0.4) is 0 Å². The Morgan fingerprint density at radius 2 is 1.76 bits per heavy atom. The number of methoxy groups -OCH3 is 2. The number of nitrogens with one attached hydrogen (secondary N) is 1. The lowest BCUT2D eigenvalue weighted by Gasteiger charge is -2.13. The van der Waals surface area contributed by atoms with Crippen LogP contribution in [0.4, 0.5) is 5.69 Å². The minimum absolute atomic E-state index is 0.228. The van der Waals surface area contributed by atoms with E-state index in [4.69, 9.17) is 9.47 Å². The molecule has 1 heterocycles. The van der Waals surface area contributed by atoms with Crippen LogP contribution in [0.2, 0.25) is 0 Å². The van der Waals surface area contributed by atoms with Gasteiger partial charge in [0.1, 0.15) is 11.9 Å². The zero-order valence-corrected chi connectivity index (χ0v) is 9.71. The fraction of sp³-hybridized carbons (Fsp3) is 0.333. The van der Waals surface area contributed by atoms with Crippen molar-refractivity contribution < 1.29 is 14.3 Å². The third kappa shape index (κ3) is 2.35. The van der Waals surface area contributed by atoms with Gasteiger partial charge in [0.05, 0.1) is 5.69 Å². The molecule has 5 heteroatoms. The fourth-order valence-electron chi connectivity index (χ4n) is 1.75. The summed E-state index contributed by atoms with van der Waals surface area (Å²) in [6, 6.07) is 9.37. The predicted molar refractivity (Wildman–Crippen MR) is 63.3 cm³/mol. The Labute approximate surface area is 99.4 Å². The minimum Gasteiger partial charge on any atom is -0.370 e. The number of carbonyl (C=O) groups excluding carboxylic acids is 1. The number of carbonyl (C=O) groups is 1. The Morgan fingerprint density at radius 3 is 2.35 bits per heavy atom. The van der Waals surface area contributed by atoms with E-state index in [1.165, 1.54) is 14.2 Å². The van der Waals surface area contributed by atoms with Crippen LogP contribution in [-0.4, -0.2) is 38.2 Å². The Balaban J connectivity index is 2.27. The Bertz CT molecular complexity index is 431. The zero-order chi connectivity index (χ0) is 12.3. The highest BCUT2D eigenvalue weighted by Crippen LogP contribution is 2.16. The molecule has 0 saturated carbocycles. The van der Waals surface area contributed by atoms with Gasteiger partial charge in [-0.25, -0.2) is 4.99 Å². The standard InChI is InChI=1S/C12H14N2O3/c1-16-9-10(17-2)12(15)14-11(9)13-8-6-4-3-5-7-8/h3-7,9-10H,1-2H3,(H,13,14,15). The normalized spacial score (nSPS) is 26.2. The van der Waals surface area contributed by atoms with Gasteiger partial charge in [0.2, 0.25) is 0 Å². The molecule has 1 amide bonds. The molecular weight excluding hydrogens is 220 g/mol. The van der Waals surface area contributed by atoms with Crippen molar-refractivity contribution in [2.24, 2.45) is 4.99 Å². The van der Waals surface area contributed by atoms with Crippen molar-refractivity contribution in [1.29, 1.82) is 0 Å². The van der Waals surface area contributed by atoms with Crippen molar-refractivity contribution >= 4 is 17.4 Å². The maximum Gasteiger partial charge on any atom is 0.257 e. The molecule has 1 aliphatic rings. The van der Waals surface area contributed by atoms with Crippen LogP contribution in [0.25, 0.3) is 0 Å². The van der Waals surface area contributed by atoms with Crippen molar-refractivity contribution in [3.05, 3.63) is 30.3 Å². The van der Waals surface area contributed by atoms with Gasteiger partial charge in [-0.05, 0) is 12.1 Å². The van der Waals surface area contributed by atoms with E-state index in [0.717, 1.165) is 5.69 Å². The molecule has 0 aliphatic carbocycles. The number of hydrogen-bond donors (Lipinski definition) is 1. The summed E-state index contributed by atoms with van der Waals surface area (Å²) in [6.45, 7) is 0. The predicted octanol–water partition coefficient (Wildman–Crippen LogP) is 0.876. The first-order chi connectivity index (χ1) is 8.26. The van der Waals surface area contributed by atoms with Crippen molar-refractivity contribution in [1.82, 2.24) is 5.32 Å². The Morgan fingerprint density at radius 1 is 1.12 bits per heavy atom. The van der Waals surface area contributed by atoms with E-state index in [0.29, 0.717) is 5.84 Å². The van der Waals surface area contributed by atoms with E-state index in [1.807, 2.05) is 30.3 Å². The molecule has 1 aromatic carbocycles. The number of benzene rings is 1. The average molecular weight is 234 g/mol. The highest BCUT2D eigenvalue weighted by Gasteiger charge is 2.40. The molecule has 1 aliphatic heterocycles. The highest BCUT2D eigenvalue weighted by molar-refractivity contribution is 6.11. The molecule has 1 aromatic rings. The molecule has 1 N–H and O–H groups in total. The first-order valence-corrected chi connectivity index (χ1v) is 5.26. The van der Waals surface area contributed by atoms with Gasteiger partial charge in [-0.15, -0.1) is 0 Å². The van der Waals surface area contributed by atoms with Crippen molar-refractivity contribution in [3.63, 3.8) is 0 Å². The van der Waals surface area contributed by atoms with Crippen LogP contribution >= 0.6 is 0 Å². The number of ether oxygens (including phenoxy) is 2. The van der Waals surface area contributed by atoms with Gasteiger partial charge in [-0.1, -0.05) is 18.2 Å². The third-order valence-electron chi connectivity index (χ3n) is 2.57. The van der Waals surface area contributed by atoms with Gasteiger partial charge in [0.15, 0.2) is 6.10 Å². The van der Waals surface area contributed by atoms with E-state index in [2.05, 4.69) is 10.3 Å². The van der Waals surface area contributed by atoms with Gasteiger partial charge in [-0.2, -0.15) is 0 Å². The molecule has 0 spiro atoms. The molecule has 5 nitrogen and oxygen atoms in total. The average Bonchev–Trinajstić information content (AvgIpc) is 2.65. The molecule has 1 saturated heterocycles. The lowest BCUT2D eigenvalue weighted by atomic mass is 10.2. The minimum atomic E-state index is -0.637. The van der Waals surface area contributed by atoms with Gasteiger partial charge < -0.3 is 14.8 Å². The topological polar surface area (TPSA) is 59.9 Å². The fourth-order valence-corrected chi connectivity index (χ4v) is 1.75. The quantitative estimate of drug-likeness (QED) is 0.844. The molecule has 2 atom stereocenters. The van der Waals surface area contributed by atoms with Crippen LogP contribution in [0.1, 0.15) is 0 Å². The maximum absolute atomic E-state index is 11.6. The molecule has 90 valence electrons. The summed E-state index contributed by atoms with van der Waals surface area (Å²) in [5.41, 5.74) is 0.765. The van der Waals surface area contributed by atoms with E-state index >= 15 is 0 Å². The summed E-state index contributed by atoms with van der Waals surface area (Å²) in [5, 5.41) is 2.67. The van der Waals surface area contributed by atoms with E-state index in [1.54, 1.807) is 0 Å². The number of hydrogen-bond acceptors (Lipinski definition) is 4. The summed E-state index contributed by atoms with van der Waals surface area (Å²) in [6.07, 6.45) is -1.12. The number of para-hydroxylation sites is 1. The number of amidine groups is 1. The van der Waals surface area contributed by atoms with E-state index in [-0.39, 0.29) is 5.91 Å². The van der Waals surface area contributed by atoms with Gasteiger partial charge in [0.25, 0.3) is 5.91 Å². The monoisotopic (exact) mass is 234 g/mol. The summed E-state index contributed by atoms with van der Waals surface area (Å²) < 4.78 is 10.3. The van der Waals surface area contributed by atoms with Gasteiger partial charge >= 0.3 is 0 Å². The van der Waals surface area contributed by atoms with E-state index in [9.17, 15) is 4.79 Å². The number of rotatable bonds is 3. The second kappa shape index (κ2) is 5.07. The first kappa shape index (κ1) is 11.8. The van der Waals surface area contributed by atoms with Crippen LogP contribution in [0.5, 0.6) is 0 Å². The highest BCUT2D eigenvalue weighted by atomic mass is 16.5. The van der Waals surface area contributed by atoms with Crippen LogP contribution in [-0.2, 0) is 14.3 Å². The maximum atomic E-state index is 11.6. The molecule has 1 fully saturated rings. The molecule has 0 radical (unpaired) electrons. The van der Waals surface area contributed by atoms with Crippen molar-refractivity contribution in [2.75, 3.05) is 14.2 Å². The summed E-state index contributed by atoms with van der Waals surface area (Å²) >= 11 is 0. The zero-order valence-electron chi connectivity index (χ0n) is 9.71. The third-order valence-corrected chi connectivity index (χ3v) is 2.57. The van der Waals surface area contributed by atoms with Crippen LogP contribution < -0.4 is 5.32 Å². The summed E-state index contributed by atoms with van der Waals surface area (Å²) in [5.74, 6) is 0.254. The smallest absolute Gasteiger partial charge is 0.257 e. The second-order valence-corrected chi connectivity index (χ2v) is 3.63. The molecule has 2 rings (SSSR count). The summed E-state index contributed by atoms with van der Waals surface area (Å²) in [7, 11) is 3.00. The molecule has 17 heavy (non-hydrogen) atoms. The van der Waals surface area contributed by atoms with Crippen molar-refractivity contribution in [3.8, 4) is 0 Å². The lowest BCUT2D eigenvalue weighted by molar-refractivity contribution is -0.131. The SMILES string of the molecule is COC1C(=O)NC(=Nc2ccccc2)C1OC. The molecular formula is C12H14N2O3. The second-order valence-electron chi connectivity index (χ2n) is 3.63. The first-order valence-electron chi connectivity index (χ1n) is 5.26. The van der Waals surface area contributed by atoms with Gasteiger partial charge in [0, 0.05) is 14.2 Å². The molecule has 0 bridgehead atoms. The summed E-state index contributed by atoms with van der Waals surface area (Å²) in [4.78, 5) is 15.9. The van der Waals surface area contributed by atoms with Crippen molar-refractivity contribution in [2.45, 2.75) is 12.2 Å². The molecule has 0 aromatic heterocycles. The largest absolute Gasteiger partial charge is 0.370 e. The Hall–Kier alpha value is -1.72. The Kier molecular flexibility index (Phi) is 3.51. The lowest BCUT2D eigenvalue weighted by Crippen LogP contribution is -2.32. The van der Waals surface area contributed by atoms with Gasteiger partial charge in [-0.3, -0.25) is 4.79 Å². The van der Waals surface area contributed by atoms with Crippen LogP contribution in [0.15, 0.2) is 35.3 Å². The number of nitrogens with zero attached hydrogens (tertiary/aromatic N) is 1. The number of amides is 1. The van der Waals surface area contributed by atoms with Crippen LogP contribution in [0, 0.1) is 0 Å².